The monoisotopic (exact) mass is 535 g/mol. The molecule has 1 aliphatic carbocycles. The largest absolute Gasteiger partial charge is 0.378 e. The summed E-state index contributed by atoms with van der Waals surface area (Å²) in [6.07, 6.45) is 5.80. The number of hydrogen-bond donors (Lipinski definition) is 2. The molecule has 4 aromatic rings. The Bertz CT molecular complexity index is 1360. The number of halogens is 2. The van der Waals surface area contributed by atoms with Crippen LogP contribution in [-0.2, 0) is 5.44 Å². The third-order valence-corrected chi connectivity index (χ3v) is 6.84. The highest BCUT2D eigenvalue weighted by atomic mass is 79.9. The number of aromatic nitrogens is 5. The quantitative estimate of drug-likeness (QED) is 0.329. The first-order valence-electron chi connectivity index (χ1n) is 11.8. The summed E-state index contributed by atoms with van der Waals surface area (Å²) in [5, 5.41) is 16.9. The molecule has 2 aromatic carbocycles. The molecule has 0 radical (unpaired) electrons. The van der Waals surface area contributed by atoms with E-state index < -0.39 is 5.44 Å². The Kier molecular flexibility index (Phi) is 6.03. The van der Waals surface area contributed by atoms with Gasteiger partial charge in [-0.3, -0.25) is 0 Å². The zero-order chi connectivity index (χ0) is 24.8. The van der Waals surface area contributed by atoms with Crippen LogP contribution in [-0.4, -0.2) is 39.4 Å². The molecule has 0 saturated heterocycles. The average molecular weight is 536 g/mol. The van der Waals surface area contributed by atoms with E-state index in [4.69, 9.17) is 0 Å². The van der Waals surface area contributed by atoms with Crippen molar-refractivity contribution in [2.24, 2.45) is 5.41 Å². The van der Waals surface area contributed by atoms with Crippen LogP contribution in [0.4, 0.5) is 15.9 Å². The van der Waals surface area contributed by atoms with E-state index in [0.717, 1.165) is 57.5 Å². The first-order chi connectivity index (χ1) is 16.6. The van der Waals surface area contributed by atoms with E-state index in [9.17, 15) is 4.39 Å². The van der Waals surface area contributed by atoms with Crippen molar-refractivity contribution in [1.82, 2.24) is 25.0 Å². The summed E-state index contributed by atoms with van der Waals surface area (Å²) in [5.74, 6) is 0.496. The van der Waals surface area contributed by atoms with Gasteiger partial charge < -0.3 is 10.6 Å². The number of fused-ring (bicyclic) bond motifs is 1. The standard InChI is InChI=1S/C25H28BBrFN7/c1-24(2,3)13-29-23-19-10-17(11-20(27)22(19)30-14-31-23)32-25(26,15-4-6-16(28)7-5-15)21-12-35(34-33-21)18-8-9-18/h4-7,10-12,14,18,32H,8-9,13,26H2,1-3H3,(H,29,30,31). The predicted octanol–water partition coefficient (Wildman–Crippen LogP) is 4.86. The van der Waals surface area contributed by atoms with Crippen LogP contribution in [0.3, 0.4) is 0 Å². The van der Waals surface area contributed by atoms with E-state index in [2.05, 4.69) is 67.6 Å². The average Bonchev–Trinajstić information content (AvgIpc) is 3.53. The molecule has 0 bridgehead atoms. The highest BCUT2D eigenvalue weighted by Gasteiger charge is 2.34. The van der Waals surface area contributed by atoms with Crippen LogP contribution in [0.25, 0.3) is 10.9 Å². The van der Waals surface area contributed by atoms with Gasteiger partial charge in [0.1, 0.15) is 31.5 Å². The number of hydrogen-bond acceptors (Lipinski definition) is 6. The molecule has 2 N–H and O–H groups in total. The molecule has 2 heterocycles. The van der Waals surface area contributed by atoms with Crippen LogP contribution in [0.15, 0.2) is 53.4 Å². The van der Waals surface area contributed by atoms with Crippen molar-refractivity contribution < 1.29 is 4.39 Å². The van der Waals surface area contributed by atoms with Gasteiger partial charge in [-0.15, -0.1) is 5.10 Å². The molecule has 1 saturated carbocycles. The van der Waals surface area contributed by atoms with Crippen LogP contribution >= 0.6 is 15.9 Å². The summed E-state index contributed by atoms with van der Waals surface area (Å²) in [6, 6.07) is 11.0. The number of anilines is 2. The molecule has 10 heteroatoms. The van der Waals surface area contributed by atoms with Crippen LogP contribution in [0, 0.1) is 11.2 Å². The molecule has 7 nitrogen and oxygen atoms in total. The lowest BCUT2D eigenvalue weighted by Crippen LogP contribution is -2.37. The minimum atomic E-state index is -0.747. The summed E-state index contributed by atoms with van der Waals surface area (Å²) in [4.78, 5) is 8.99. The molecule has 1 aliphatic rings. The summed E-state index contributed by atoms with van der Waals surface area (Å²) >= 11 is 3.69. The van der Waals surface area contributed by atoms with E-state index >= 15 is 0 Å². The first-order valence-corrected chi connectivity index (χ1v) is 12.6. The predicted molar refractivity (Wildman–Crippen MR) is 143 cm³/mol. The molecule has 5 rings (SSSR count). The lowest BCUT2D eigenvalue weighted by atomic mass is 9.69. The second kappa shape index (κ2) is 8.89. The lowest BCUT2D eigenvalue weighted by molar-refractivity contribution is 0.442. The zero-order valence-electron chi connectivity index (χ0n) is 20.3. The van der Waals surface area contributed by atoms with Crippen molar-refractivity contribution in [1.29, 1.82) is 0 Å². The van der Waals surface area contributed by atoms with Gasteiger partial charge in [-0.1, -0.05) is 38.1 Å². The maximum atomic E-state index is 13.8. The third-order valence-electron chi connectivity index (χ3n) is 6.24. The van der Waals surface area contributed by atoms with Gasteiger partial charge in [-0.2, -0.15) is 0 Å². The first kappa shape index (κ1) is 23.7. The fraction of sp³-hybridized carbons (Fsp3) is 0.360. The number of benzene rings is 2. The Morgan fingerprint density at radius 2 is 1.89 bits per heavy atom. The van der Waals surface area contributed by atoms with Crippen molar-refractivity contribution in [3.8, 4) is 0 Å². The maximum Gasteiger partial charge on any atom is 0.148 e. The molecule has 0 aliphatic heterocycles. The van der Waals surface area contributed by atoms with Crippen molar-refractivity contribution in [2.45, 2.75) is 45.1 Å². The summed E-state index contributed by atoms with van der Waals surface area (Å²) in [6.45, 7) is 7.30. The second-order valence-corrected chi connectivity index (χ2v) is 11.4. The molecule has 1 unspecified atom stereocenters. The van der Waals surface area contributed by atoms with E-state index in [-0.39, 0.29) is 11.2 Å². The van der Waals surface area contributed by atoms with Gasteiger partial charge in [0, 0.05) is 22.1 Å². The Morgan fingerprint density at radius 3 is 2.57 bits per heavy atom. The zero-order valence-corrected chi connectivity index (χ0v) is 21.9. The second-order valence-electron chi connectivity index (χ2n) is 10.6. The fourth-order valence-electron chi connectivity index (χ4n) is 4.07. The van der Waals surface area contributed by atoms with Crippen LogP contribution in [0.2, 0.25) is 0 Å². The van der Waals surface area contributed by atoms with Gasteiger partial charge in [0.25, 0.3) is 0 Å². The van der Waals surface area contributed by atoms with Crippen molar-refractivity contribution in [3.63, 3.8) is 0 Å². The van der Waals surface area contributed by atoms with Crippen LogP contribution in [0.1, 0.15) is 50.9 Å². The molecule has 35 heavy (non-hydrogen) atoms. The van der Waals surface area contributed by atoms with E-state index in [1.165, 1.54) is 12.1 Å². The molecule has 2 aromatic heterocycles. The highest BCUT2D eigenvalue weighted by molar-refractivity contribution is 9.10. The Balaban J connectivity index is 1.57. The van der Waals surface area contributed by atoms with E-state index in [1.54, 1.807) is 18.5 Å². The molecule has 0 amide bonds. The molecular formula is C25H28BBrFN7. The Morgan fingerprint density at radius 1 is 1.14 bits per heavy atom. The molecule has 1 atom stereocenters. The van der Waals surface area contributed by atoms with Gasteiger partial charge in [-0.05, 0) is 64.0 Å². The third kappa shape index (κ3) is 5.03. The van der Waals surface area contributed by atoms with Crippen LogP contribution in [0.5, 0.6) is 0 Å². The van der Waals surface area contributed by atoms with Gasteiger partial charge in [-0.25, -0.2) is 19.0 Å². The molecule has 0 spiro atoms. The Labute approximate surface area is 213 Å². The van der Waals surface area contributed by atoms with Gasteiger partial charge in [0.05, 0.1) is 23.2 Å². The number of nitrogens with zero attached hydrogens (tertiary/aromatic N) is 5. The van der Waals surface area contributed by atoms with E-state index in [1.807, 2.05) is 30.9 Å². The van der Waals surface area contributed by atoms with Crippen molar-refractivity contribution in [2.75, 3.05) is 17.2 Å². The maximum absolute atomic E-state index is 13.8. The summed E-state index contributed by atoms with van der Waals surface area (Å²) in [7, 11) is 2.04. The number of nitrogens with one attached hydrogen (secondary N) is 2. The van der Waals surface area contributed by atoms with Crippen LogP contribution < -0.4 is 10.6 Å². The topological polar surface area (TPSA) is 80.5 Å². The summed E-state index contributed by atoms with van der Waals surface area (Å²) in [5.41, 5.74) is 2.67. The molecule has 1 fully saturated rings. The fourth-order valence-corrected chi connectivity index (χ4v) is 4.63. The smallest absolute Gasteiger partial charge is 0.148 e. The number of rotatable bonds is 7. The minimum Gasteiger partial charge on any atom is -0.378 e. The summed E-state index contributed by atoms with van der Waals surface area (Å²) < 4.78 is 16.5. The van der Waals surface area contributed by atoms with Gasteiger partial charge in [0.15, 0.2) is 0 Å². The SMILES string of the molecule is BC(Nc1cc(Br)c2ncnc(NCC(C)(C)C)c2c1)(c1ccc(F)cc1)c1cn(C2CC2)nn1. The molecule has 180 valence electrons. The highest BCUT2D eigenvalue weighted by Crippen LogP contribution is 2.37. The van der Waals surface area contributed by atoms with E-state index in [0.29, 0.717) is 6.04 Å². The van der Waals surface area contributed by atoms with Crippen molar-refractivity contribution >= 4 is 46.2 Å². The van der Waals surface area contributed by atoms with Gasteiger partial charge in [0.2, 0.25) is 0 Å². The van der Waals surface area contributed by atoms with Crippen molar-refractivity contribution in [3.05, 3.63) is 70.5 Å². The Hall–Kier alpha value is -3.01. The normalized spacial score (nSPS) is 15.7. The lowest BCUT2D eigenvalue weighted by Gasteiger charge is -2.31. The molecular weight excluding hydrogens is 508 g/mol. The van der Waals surface area contributed by atoms with Gasteiger partial charge >= 0.3 is 0 Å². The minimum absolute atomic E-state index is 0.0961.